The lowest BCUT2D eigenvalue weighted by atomic mass is 9.87. The van der Waals surface area contributed by atoms with Crippen molar-refractivity contribution in [3.8, 4) is 5.75 Å². The third kappa shape index (κ3) is 7.90. The number of nitrogens with one attached hydrogen (secondary N) is 2. The molecule has 42 heavy (non-hydrogen) atoms. The summed E-state index contributed by atoms with van der Waals surface area (Å²) in [5, 5.41) is 5.85. The Bertz CT molecular complexity index is 1360. The fourth-order valence-corrected chi connectivity index (χ4v) is 5.06. The Kier molecular flexibility index (Phi) is 9.88. The molecular formula is C34H41N3O5. The van der Waals surface area contributed by atoms with E-state index in [0.29, 0.717) is 11.4 Å². The van der Waals surface area contributed by atoms with Gasteiger partial charge in [0, 0.05) is 18.2 Å². The summed E-state index contributed by atoms with van der Waals surface area (Å²) in [4.78, 5) is 43.4. The Morgan fingerprint density at radius 1 is 0.929 bits per heavy atom. The van der Waals surface area contributed by atoms with Crippen molar-refractivity contribution in [2.24, 2.45) is 0 Å². The van der Waals surface area contributed by atoms with Crippen LogP contribution in [0.4, 0.5) is 10.5 Å². The highest BCUT2D eigenvalue weighted by molar-refractivity contribution is 5.99. The van der Waals surface area contributed by atoms with Gasteiger partial charge >= 0.3 is 6.09 Å². The van der Waals surface area contributed by atoms with Crippen LogP contribution in [0, 0.1) is 6.92 Å². The van der Waals surface area contributed by atoms with Crippen LogP contribution in [0.1, 0.15) is 62.8 Å². The van der Waals surface area contributed by atoms with Crippen LogP contribution in [-0.2, 0) is 20.7 Å². The summed E-state index contributed by atoms with van der Waals surface area (Å²) < 4.78 is 10.8. The summed E-state index contributed by atoms with van der Waals surface area (Å²) in [6.07, 6.45) is 2.07. The van der Waals surface area contributed by atoms with E-state index in [1.54, 1.807) is 57.0 Å². The fourth-order valence-electron chi connectivity index (χ4n) is 5.06. The monoisotopic (exact) mass is 571 g/mol. The minimum absolute atomic E-state index is 0.151. The van der Waals surface area contributed by atoms with E-state index < -0.39 is 23.8 Å². The number of methoxy groups -OCH3 is 1. The second-order valence-electron chi connectivity index (χ2n) is 11.7. The topological polar surface area (TPSA) is 97.0 Å². The van der Waals surface area contributed by atoms with Gasteiger partial charge in [0.2, 0.25) is 5.91 Å². The summed E-state index contributed by atoms with van der Waals surface area (Å²) in [6.45, 7) is 7.27. The molecule has 2 unspecified atom stereocenters. The van der Waals surface area contributed by atoms with Crippen LogP contribution in [0.15, 0.2) is 78.9 Å². The second-order valence-corrected chi connectivity index (χ2v) is 11.7. The largest absolute Gasteiger partial charge is 0.497 e. The molecule has 3 amide bonds. The van der Waals surface area contributed by atoms with Gasteiger partial charge in [-0.1, -0.05) is 54.6 Å². The van der Waals surface area contributed by atoms with Crippen molar-refractivity contribution < 1.29 is 23.9 Å². The molecule has 1 aliphatic rings. The van der Waals surface area contributed by atoms with Crippen LogP contribution in [-0.4, -0.2) is 47.6 Å². The number of hydrogen-bond donors (Lipinski definition) is 2. The molecule has 0 spiro atoms. The van der Waals surface area contributed by atoms with Crippen LogP contribution < -0.4 is 15.4 Å². The molecule has 3 aromatic rings. The molecule has 0 heterocycles. The van der Waals surface area contributed by atoms with Gasteiger partial charge < -0.3 is 25.0 Å². The molecule has 0 bridgehead atoms. The third-order valence-electron chi connectivity index (χ3n) is 7.36. The molecule has 8 nitrogen and oxygen atoms in total. The zero-order valence-electron chi connectivity index (χ0n) is 25.1. The van der Waals surface area contributed by atoms with Crippen molar-refractivity contribution in [1.29, 1.82) is 0 Å². The summed E-state index contributed by atoms with van der Waals surface area (Å²) >= 11 is 0. The van der Waals surface area contributed by atoms with E-state index in [9.17, 15) is 14.4 Å². The van der Waals surface area contributed by atoms with Gasteiger partial charge in [-0.25, -0.2) is 4.79 Å². The highest BCUT2D eigenvalue weighted by Crippen LogP contribution is 2.35. The Morgan fingerprint density at radius 3 is 2.14 bits per heavy atom. The number of nitrogens with zero attached hydrogens (tertiary/aromatic N) is 1. The first-order chi connectivity index (χ1) is 20.1. The number of carbonyl (C=O) groups is 3. The van der Waals surface area contributed by atoms with E-state index in [4.69, 9.17) is 9.47 Å². The summed E-state index contributed by atoms with van der Waals surface area (Å²) in [5.41, 5.74) is 2.37. The van der Waals surface area contributed by atoms with E-state index in [2.05, 4.69) is 10.6 Å². The molecular weight excluding hydrogens is 530 g/mol. The van der Waals surface area contributed by atoms with Crippen LogP contribution in [0.25, 0.3) is 0 Å². The van der Waals surface area contributed by atoms with Crippen molar-refractivity contribution >= 4 is 23.6 Å². The average molecular weight is 572 g/mol. The van der Waals surface area contributed by atoms with Gasteiger partial charge in [0.05, 0.1) is 7.11 Å². The molecule has 0 saturated heterocycles. The van der Waals surface area contributed by atoms with Gasteiger partial charge in [0.15, 0.2) is 0 Å². The molecule has 1 saturated carbocycles. The molecule has 8 heteroatoms. The summed E-state index contributed by atoms with van der Waals surface area (Å²) in [6, 6.07) is 22.2. The average Bonchev–Trinajstić information content (AvgIpc) is 2.92. The highest BCUT2D eigenvalue weighted by atomic mass is 16.6. The number of anilines is 1. The van der Waals surface area contributed by atoms with Crippen LogP contribution in [0.5, 0.6) is 5.75 Å². The molecule has 4 rings (SSSR count). The van der Waals surface area contributed by atoms with Gasteiger partial charge in [-0.2, -0.15) is 0 Å². The SMILES string of the molecule is COc1ccc(NC(=O)C(c2ccccc2C)N(C(=O)C(Cc2ccccc2)NC(=O)OC(C)(C)C)C2CCC2)cc1. The molecule has 0 aliphatic heterocycles. The zero-order valence-corrected chi connectivity index (χ0v) is 25.1. The first-order valence-electron chi connectivity index (χ1n) is 14.4. The molecule has 0 radical (unpaired) electrons. The number of rotatable bonds is 10. The van der Waals surface area contributed by atoms with E-state index in [-0.39, 0.29) is 24.3 Å². The number of carbonyl (C=O) groups excluding carboxylic acids is 3. The Labute approximate surface area is 248 Å². The lowest BCUT2D eigenvalue weighted by molar-refractivity contribution is -0.145. The van der Waals surface area contributed by atoms with Crippen molar-refractivity contribution in [3.63, 3.8) is 0 Å². The Morgan fingerprint density at radius 2 is 1.57 bits per heavy atom. The number of aryl methyl sites for hydroxylation is 1. The van der Waals surface area contributed by atoms with Gasteiger partial charge in [-0.3, -0.25) is 9.59 Å². The third-order valence-corrected chi connectivity index (χ3v) is 7.36. The number of hydrogen-bond acceptors (Lipinski definition) is 5. The molecule has 2 atom stereocenters. The molecule has 1 fully saturated rings. The van der Waals surface area contributed by atoms with E-state index in [0.717, 1.165) is 36.0 Å². The molecule has 2 N–H and O–H groups in total. The minimum Gasteiger partial charge on any atom is -0.497 e. The molecule has 0 aromatic heterocycles. The van der Waals surface area contributed by atoms with Crippen molar-refractivity contribution in [1.82, 2.24) is 10.2 Å². The van der Waals surface area contributed by atoms with Gasteiger partial charge in [0.25, 0.3) is 5.91 Å². The summed E-state index contributed by atoms with van der Waals surface area (Å²) in [7, 11) is 1.58. The van der Waals surface area contributed by atoms with Gasteiger partial charge in [-0.15, -0.1) is 0 Å². The maximum atomic E-state index is 14.6. The quantitative estimate of drug-likeness (QED) is 0.302. The van der Waals surface area contributed by atoms with Crippen molar-refractivity contribution in [3.05, 3.63) is 95.6 Å². The maximum Gasteiger partial charge on any atom is 0.408 e. The van der Waals surface area contributed by atoms with Crippen LogP contribution >= 0.6 is 0 Å². The maximum absolute atomic E-state index is 14.6. The standard InChI is InChI=1S/C34H41N3O5/c1-23-12-9-10-17-28(23)30(31(38)35-25-18-20-27(41-5)21-19-25)37(26-15-11-16-26)32(39)29(22-24-13-7-6-8-14-24)36-33(40)42-34(2,3)4/h6-10,12-14,17-21,26,29-30H,11,15-16,22H2,1-5H3,(H,35,38)(H,36,40). The molecule has 1 aliphatic carbocycles. The molecule has 3 aromatic carbocycles. The second kappa shape index (κ2) is 13.6. The predicted octanol–water partition coefficient (Wildman–Crippen LogP) is 6.20. The summed E-state index contributed by atoms with van der Waals surface area (Å²) in [5.74, 6) is 0.0182. The van der Waals surface area contributed by atoms with Crippen LogP contribution in [0.3, 0.4) is 0 Å². The number of benzene rings is 3. The van der Waals surface area contributed by atoms with E-state index in [1.165, 1.54) is 0 Å². The smallest absolute Gasteiger partial charge is 0.408 e. The number of amides is 3. The Balaban J connectivity index is 1.73. The number of alkyl carbamates (subject to hydrolysis) is 1. The minimum atomic E-state index is -0.942. The lowest BCUT2D eigenvalue weighted by Gasteiger charge is -2.44. The molecule has 222 valence electrons. The van der Waals surface area contributed by atoms with Gasteiger partial charge in [0.1, 0.15) is 23.4 Å². The normalized spacial score (nSPS) is 14.6. The van der Waals surface area contributed by atoms with E-state index in [1.807, 2.05) is 61.5 Å². The number of ether oxygens (including phenoxy) is 2. The lowest BCUT2D eigenvalue weighted by Crippen LogP contribution is -2.57. The van der Waals surface area contributed by atoms with E-state index >= 15 is 0 Å². The van der Waals surface area contributed by atoms with Crippen molar-refractivity contribution in [2.45, 2.75) is 77.1 Å². The van der Waals surface area contributed by atoms with Gasteiger partial charge in [-0.05, 0) is 87.9 Å². The first-order valence-corrected chi connectivity index (χ1v) is 14.4. The first kappa shape index (κ1) is 30.6. The van der Waals surface area contributed by atoms with Crippen molar-refractivity contribution in [2.75, 3.05) is 12.4 Å². The fraction of sp³-hybridized carbons (Fsp3) is 0.382. The van der Waals surface area contributed by atoms with Crippen LogP contribution in [0.2, 0.25) is 0 Å². The predicted molar refractivity (Wildman–Crippen MR) is 163 cm³/mol. The zero-order chi connectivity index (χ0) is 30.3. The Hall–Kier alpha value is -4.33. The highest BCUT2D eigenvalue weighted by Gasteiger charge is 2.42.